The van der Waals surface area contributed by atoms with Gasteiger partial charge in [-0.15, -0.1) is 0 Å². The quantitative estimate of drug-likeness (QED) is 0.665. The number of carboxylic acid groups (broad SMARTS) is 1. The Morgan fingerprint density at radius 2 is 2.15 bits per heavy atom. The third-order valence-electron chi connectivity index (χ3n) is 1.76. The molecule has 0 saturated carbocycles. The number of aromatic carboxylic acids is 1. The highest BCUT2D eigenvalue weighted by Crippen LogP contribution is 2.13. The van der Waals surface area contributed by atoms with Gasteiger partial charge in [0.15, 0.2) is 0 Å². The number of aromatic nitrogens is 1. The van der Waals surface area contributed by atoms with Crippen LogP contribution < -0.4 is 0 Å². The Balaban J connectivity index is 3.13. The number of ether oxygens (including phenoxy) is 1. The van der Waals surface area contributed by atoms with Gasteiger partial charge in [-0.2, -0.15) is 0 Å². The van der Waals surface area contributed by atoms with Gasteiger partial charge in [0, 0.05) is 6.20 Å². The summed E-state index contributed by atoms with van der Waals surface area (Å²) in [6, 6.07) is 0. The van der Waals surface area contributed by atoms with Crippen molar-refractivity contribution in [2.75, 3.05) is 7.11 Å². The Labute approximate surface area is 74.3 Å². The highest BCUT2D eigenvalue weighted by Gasteiger charge is 2.17. The van der Waals surface area contributed by atoms with Crippen molar-refractivity contribution in [2.24, 2.45) is 0 Å². The molecule has 0 atom stereocenters. The Hall–Kier alpha value is -1.78. The Morgan fingerprint density at radius 1 is 1.54 bits per heavy atom. The fraction of sp³-hybridized carbons (Fsp3) is 0.250. The topological polar surface area (TPSA) is 79.4 Å². The molecular weight excluding hydrogens is 174 g/mol. The zero-order valence-electron chi connectivity index (χ0n) is 7.25. The first-order valence-corrected chi connectivity index (χ1v) is 3.57. The van der Waals surface area contributed by atoms with E-state index >= 15 is 0 Å². The molecule has 0 saturated heterocycles. The normalized spacial score (nSPS) is 9.69. The SMILES string of the molecule is COC(=O)c1[nH]cc(C(=O)O)c1C. The number of nitrogens with one attached hydrogen (secondary N) is 1. The van der Waals surface area contributed by atoms with E-state index in [1.54, 1.807) is 6.92 Å². The van der Waals surface area contributed by atoms with Gasteiger partial charge in [0.1, 0.15) is 5.69 Å². The number of carbonyl (C=O) groups excluding carboxylic acids is 1. The lowest BCUT2D eigenvalue weighted by molar-refractivity contribution is 0.0594. The molecule has 0 aliphatic heterocycles. The number of methoxy groups -OCH3 is 1. The lowest BCUT2D eigenvalue weighted by Gasteiger charge is -1.96. The first-order chi connectivity index (χ1) is 6.07. The van der Waals surface area contributed by atoms with E-state index in [-0.39, 0.29) is 11.3 Å². The van der Waals surface area contributed by atoms with Crippen molar-refractivity contribution in [2.45, 2.75) is 6.92 Å². The lowest BCUT2D eigenvalue weighted by Crippen LogP contribution is -2.04. The molecule has 70 valence electrons. The van der Waals surface area contributed by atoms with Crippen molar-refractivity contribution in [3.8, 4) is 0 Å². The first-order valence-electron chi connectivity index (χ1n) is 3.57. The van der Waals surface area contributed by atoms with E-state index in [9.17, 15) is 9.59 Å². The Morgan fingerprint density at radius 3 is 2.54 bits per heavy atom. The number of aromatic amines is 1. The van der Waals surface area contributed by atoms with E-state index in [0.717, 1.165) is 0 Å². The van der Waals surface area contributed by atoms with Crippen molar-refractivity contribution in [3.05, 3.63) is 23.0 Å². The predicted octanol–water partition coefficient (Wildman–Crippen LogP) is 0.808. The maximum atomic E-state index is 11.0. The smallest absolute Gasteiger partial charge is 0.354 e. The minimum absolute atomic E-state index is 0.0837. The van der Waals surface area contributed by atoms with Crippen LogP contribution in [0.5, 0.6) is 0 Å². The predicted molar refractivity (Wildman–Crippen MR) is 43.8 cm³/mol. The van der Waals surface area contributed by atoms with E-state index in [0.29, 0.717) is 5.56 Å². The van der Waals surface area contributed by atoms with E-state index in [4.69, 9.17) is 5.11 Å². The highest BCUT2D eigenvalue weighted by molar-refractivity contribution is 5.96. The van der Waals surface area contributed by atoms with Crippen molar-refractivity contribution < 1.29 is 19.4 Å². The van der Waals surface area contributed by atoms with E-state index in [1.165, 1.54) is 13.3 Å². The average molecular weight is 183 g/mol. The summed E-state index contributed by atoms with van der Waals surface area (Å²) >= 11 is 0. The van der Waals surface area contributed by atoms with Gasteiger partial charge >= 0.3 is 11.9 Å². The van der Waals surface area contributed by atoms with Gasteiger partial charge in [-0.25, -0.2) is 9.59 Å². The largest absolute Gasteiger partial charge is 0.478 e. The molecule has 0 amide bonds. The fourth-order valence-corrected chi connectivity index (χ4v) is 1.03. The number of hydrogen-bond donors (Lipinski definition) is 2. The standard InChI is InChI=1S/C8H9NO4/c1-4-5(7(10)11)3-9-6(4)8(12)13-2/h3,9H,1-2H3,(H,10,11). The lowest BCUT2D eigenvalue weighted by atomic mass is 10.2. The molecule has 0 fully saturated rings. The molecule has 0 radical (unpaired) electrons. The molecule has 0 aliphatic rings. The molecule has 0 unspecified atom stereocenters. The van der Waals surface area contributed by atoms with Crippen molar-refractivity contribution in [1.29, 1.82) is 0 Å². The second-order valence-electron chi connectivity index (χ2n) is 2.50. The van der Waals surface area contributed by atoms with Crippen LogP contribution in [0, 0.1) is 6.92 Å². The molecule has 0 spiro atoms. The van der Waals surface area contributed by atoms with Crippen LogP contribution in [0.4, 0.5) is 0 Å². The molecule has 1 rings (SSSR count). The van der Waals surface area contributed by atoms with Gasteiger partial charge in [-0.3, -0.25) is 0 Å². The molecule has 5 heteroatoms. The van der Waals surface area contributed by atoms with Gasteiger partial charge in [0.25, 0.3) is 0 Å². The minimum Gasteiger partial charge on any atom is -0.478 e. The number of esters is 1. The summed E-state index contributed by atoms with van der Waals surface area (Å²) in [5.41, 5.74) is 0.652. The molecule has 1 heterocycles. The van der Waals surface area contributed by atoms with Crippen molar-refractivity contribution in [1.82, 2.24) is 4.98 Å². The molecule has 0 aliphatic carbocycles. The van der Waals surface area contributed by atoms with E-state index < -0.39 is 11.9 Å². The second kappa shape index (κ2) is 3.30. The molecule has 0 bridgehead atoms. The van der Waals surface area contributed by atoms with Crippen LogP contribution in [0.1, 0.15) is 26.4 Å². The summed E-state index contributed by atoms with van der Waals surface area (Å²) in [6.07, 6.45) is 1.27. The van der Waals surface area contributed by atoms with Crippen LogP contribution in [0.25, 0.3) is 0 Å². The van der Waals surface area contributed by atoms with Gasteiger partial charge in [0.05, 0.1) is 12.7 Å². The third-order valence-corrected chi connectivity index (χ3v) is 1.76. The van der Waals surface area contributed by atoms with Crippen LogP contribution in [0.3, 0.4) is 0 Å². The fourth-order valence-electron chi connectivity index (χ4n) is 1.03. The van der Waals surface area contributed by atoms with Crippen molar-refractivity contribution >= 4 is 11.9 Å². The highest BCUT2D eigenvalue weighted by atomic mass is 16.5. The zero-order valence-corrected chi connectivity index (χ0v) is 7.25. The summed E-state index contributed by atoms with van der Waals surface area (Å²) in [6.45, 7) is 1.55. The number of H-pyrrole nitrogens is 1. The van der Waals surface area contributed by atoms with Crippen LogP contribution in [-0.4, -0.2) is 29.1 Å². The number of carbonyl (C=O) groups is 2. The average Bonchev–Trinajstić information content (AvgIpc) is 2.46. The third kappa shape index (κ3) is 1.53. The molecule has 13 heavy (non-hydrogen) atoms. The summed E-state index contributed by atoms with van der Waals surface area (Å²) in [5, 5.41) is 8.66. The van der Waals surface area contributed by atoms with Crippen LogP contribution in [0.15, 0.2) is 6.20 Å². The number of carboxylic acids is 1. The summed E-state index contributed by atoms with van der Waals surface area (Å²) in [5.74, 6) is -1.63. The van der Waals surface area contributed by atoms with Crippen LogP contribution >= 0.6 is 0 Å². The minimum atomic E-state index is -1.07. The Kier molecular flexibility index (Phi) is 2.36. The number of hydrogen-bond acceptors (Lipinski definition) is 3. The molecule has 1 aromatic heterocycles. The molecule has 5 nitrogen and oxygen atoms in total. The maximum absolute atomic E-state index is 11.0. The Bertz CT molecular complexity index is 353. The first kappa shape index (κ1) is 9.31. The second-order valence-corrected chi connectivity index (χ2v) is 2.50. The van der Waals surface area contributed by atoms with Gasteiger partial charge in [-0.05, 0) is 12.5 Å². The summed E-state index contributed by atoms with van der Waals surface area (Å²) in [4.78, 5) is 24.1. The molecule has 0 aromatic carbocycles. The summed E-state index contributed by atoms with van der Waals surface area (Å²) in [7, 11) is 1.24. The van der Waals surface area contributed by atoms with Gasteiger partial charge in [0.2, 0.25) is 0 Å². The maximum Gasteiger partial charge on any atom is 0.354 e. The molecule has 2 N–H and O–H groups in total. The van der Waals surface area contributed by atoms with Crippen LogP contribution in [0.2, 0.25) is 0 Å². The van der Waals surface area contributed by atoms with Crippen molar-refractivity contribution in [3.63, 3.8) is 0 Å². The van der Waals surface area contributed by atoms with Gasteiger partial charge < -0.3 is 14.8 Å². The van der Waals surface area contributed by atoms with Gasteiger partial charge in [-0.1, -0.05) is 0 Å². The monoisotopic (exact) mass is 183 g/mol. The summed E-state index contributed by atoms with van der Waals surface area (Å²) < 4.78 is 4.45. The van der Waals surface area contributed by atoms with Crippen LogP contribution in [-0.2, 0) is 4.74 Å². The molecule has 1 aromatic rings. The molecular formula is C8H9NO4. The zero-order chi connectivity index (χ0) is 10.0. The number of rotatable bonds is 2. The van der Waals surface area contributed by atoms with E-state index in [1.807, 2.05) is 0 Å². The van der Waals surface area contributed by atoms with E-state index in [2.05, 4.69) is 9.72 Å².